The van der Waals surface area contributed by atoms with Gasteiger partial charge in [0.05, 0.1) is 43.6 Å². The van der Waals surface area contributed by atoms with Crippen molar-refractivity contribution in [2.75, 3.05) is 27.8 Å². The largest absolute Gasteiger partial charge is 0.497 e. The molecule has 7 nitrogen and oxygen atoms in total. The number of urea groups is 1. The fraction of sp³-hybridized carbons (Fsp3) is 0.304. The molecule has 4 rings (SSSR count). The quantitative estimate of drug-likeness (QED) is 0.737. The van der Waals surface area contributed by atoms with Crippen molar-refractivity contribution in [2.45, 2.75) is 18.8 Å². The van der Waals surface area contributed by atoms with E-state index in [0.29, 0.717) is 33.9 Å². The first-order chi connectivity index (χ1) is 15.6. The molecule has 0 saturated carbocycles. The van der Waals surface area contributed by atoms with Gasteiger partial charge in [-0.3, -0.25) is 9.69 Å². The molecule has 0 bridgehead atoms. The lowest BCUT2D eigenvalue weighted by Gasteiger charge is -2.31. The van der Waals surface area contributed by atoms with Crippen molar-refractivity contribution in [1.29, 1.82) is 0 Å². The molecule has 33 heavy (non-hydrogen) atoms. The van der Waals surface area contributed by atoms with Crippen LogP contribution in [0.4, 0.5) is 18.0 Å². The molecular formula is C23H22F3N3O4. The molecule has 0 fully saturated rings. The number of benzene rings is 2. The summed E-state index contributed by atoms with van der Waals surface area (Å²) in [6, 6.07) is 8.79. The van der Waals surface area contributed by atoms with E-state index < -0.39 is 23.8 Å². The van der Waals surface area contributed by atoms with Crippen LogP contribution in [0.3, 0.4) is 0 Å². The second kappa shape index (κ2) is 8.34. The van der Waals surface area contributed by atoms with Crippen LogP contribution in [0.1, 0.15) is 22.7 Å². The zero-order valence-corrected chi connectivity index (χ0v) is 18.2. The van der Waals surface area contributed by atoms with Crippen LogP contribution in [-0.4, -0.2) is 49.6 Å². The van der Waals surface area contributed by atoms with Crippen molar-refractivity contribution in [3.05, 3.63) is 70.4 Å². The zero-order valence-electron chi connectivity index (χ0n) is 18.2. The monoisotopic (exact) mass is 461 g/mol. The molecule has 1 atom stereocenters. The van der Waals surface area contributed by atoms with Gasteiger partial charge in [0.2, 0.25) is 0 Å². The van der Waals surface area contributed by atoms with Gasteiger partial charge in [0, 0.05) is 19.7 Å². The third kappa shape index (κ3) is 4.20. The number of nitrogens with zero attached hydrogens (tertiary/aromatic N) is 2. The number of rotatable bonds is 5. The molecule has 0 aliphatic carbocycles. The zero-order chi connectivity index (χ0) is 23.9. The molecule has 2 aromatic carbocycles. The lowest BCUT2D eigenvalue weighted by molar-refractivity contribution is -0.137. The maximum absolute atomic E-state index is 13.4. The average Bonchev–Trinajstić information content (AvgIpc) is 3.11. The average molecular weight is 461 g/mol. The summed E-state index contributed by atoms with van der Waals surface area (Å²) in [5.74, 6) is 0.623. The topological polar surface area (TPSA) is 71.1 Å². The Labute approximate surface area is 188 Å². The van der Waals surface area contributed by atoms with Crippen LogP contribution in [0.15, 0.2) is 53.7 Å². The number of hydrogen-bond acceptors (Lipinski definition) is 4. The number of halogens is 3. The van der Waals surface area contributed by atoms with Crippen LogP contribution in [0.2, 0.25) is 0 Å². The Morgan fingerprint density at radius 2 is 1.73 bits per heavy atom. The van der Waals surface area contributed by atoms with Crippen molar-refractivity contribution >= 4 is 11.9 Å². The van der Waals surface area contributed by atoms with E-state index in [4.69, 9.17) is 9.47 Å². The first kappa shape index (κ1) is 22.5. The summed E-state index contributed by atoms with van der Waals surface area (Å²) in [5.41, 5.74) is 1.02. The van der Waals surface area contributed by atoms with Gasteiger partial charge in [-0.25, -0.2) is 4.79 Å². The molecule has 0 saturated heterocycles. The van der Waals surface area contributed by atoms with E-state index in [1.54, 1.807) is 25.2 Å². The Morgan fingerprint density at radius 1 is 1.06 bits per heavy atom. The van der Waals surface area contributed by atoms with Crippen molar-refractivity contribution in [3.8, 4) is 11.5 Å². The second-order valence-corrected chi connectivity index (χ2v) is 7.81. The summed E-state index contributed by atoms with van der Waals surface area (Å²) in [7, 11) is 4.54. The highest BCUT2D eigenvalue weighted by atomic mass is 19.4. The molecule has 2 aliphatic heterocycles. The van der Waals surface area contributed by atoms with Gasteiger partial charge in [-0.2, -0.15) is 13.2 Å². The molecule has 174 valence electrons. The number of carbonyl (C=O) groups excluding carboxylic acids is 2. The fourth-order valence-electron chi connectivity index (χ4n) is 4.06. The van der Waals surface area contributed by atoms with E-state index in [2.05, 4.69) is 5.32 Å². The number of methoxy groups -OCH3 is 2. The van der Waals surface area contributed by atoms with E-state index >= 15 is 0 Å². The third-order valence-corrected chi connectivity index (χ3v) is 5.77. The number of nitrogens with one attached hydrogen (secondary N) is 1. The van der Waals surface area contributed by atoms with Crippen LogP contribution >= 0.6 is 0 Å². The molecule has 1 unspecified atom stereocenters. The minimum absolute atomic E-state index is 0.0219. The summed E-state index contributed by atoms with van der Waals surface area (Å²) < 4.78 is 49.9. The van der Waals surface area contributed by atoms with E-state index in [1.807, 2.05) is 0 Å². The molecule has 0 aromatic heterocycles. The molecule has 2 aliphatic rings. The SMILES string of the molecule is COc1cc(OC)cc(C2NC(=O)N(C)C3=C2C(=O)N(Cc2cccc(C(F)(F)F)c2)C3)c1. The summed E-state index contributed by atoms with van der Waals surface area (Å²) >= 11 is 0. The normalized spacial score (nSPS) is 18.4. The highest BCUT2D eigenvalue weighted by Gasteiger charge is 2.43. The minimum Gasteiger partial charge on any atom is -0.497 e. The van der Waals surface area contributed by atoms with Gasteiger partial charge in [-0.05, 0) is 35.4 Å². The number of hydrogen-bond donors (Lipinski definition) is 1. The third-order valence-electron chi connectivity index (χ3n) is 5.77. The Kier molecular flexibility index (Phi) is 5.69. The van der Waals surface area contributed by atoms with Crippen LogP contribution in [-0.2, 0) is 17.5 Å². The predicted octanol–water partition coefficient (Wildman–Crippen LogP) is 3.72. The van der Waals surface area contributed by atoms with E-state index in [0.717, 1.165) is 12.1 Å². The molecule has 2 heterocycles. The van der Waals surface area contributed by atoms with Crippen LogP contribution < -0.4 is 14.8 Å². The number of carbonyl (C=O) groups is 2. The van der Waals surface area contributed by atoms with Gasteiger partial charge in [0.1, 0.15) is 11.5 Å². The molecule has 1 N–H and O–H groups in total. The standard InChI is InChI=1S/C23H22F3N3O4/c1-28-18-12-29(11-13-5-4-6-15(7-13)23(24,25)26)21(30)19(18)20(27-22(28)31)14-8-16(32-2)10-17(9-14)33-3/h4-10,20H,11-12H2,1-3H3,(H,27,31). The summed E-state index contributed by atoms with van der Waals surface area (Å²) in [5, 5.41) is 2.82. The Bertz CT molecular complexity index is 1120. The molecule has 10 heteroatoms. The van der Waals surface area contributed by atoms with Gasteiger partial charge in [-0.1, -0.05) is 12.1 Å². The lowest BCUT2D eigenvalue weighted by Crippen LogP contribution is -2.45. The lowest BCUT2D eigenvalue weighted by atomic mass is 9.95. The molecule has 0 radical (unpaired) electrons. The summed E-state index contributed by atoms with van der Waals surface area (Å²) in [6.07, 6.45) is -4.48. The van der Waals surface area contributed by atoms with E-state index in [-0.39, 0.29) is 19.0 Å². The van der Waals surface area contributed by atoms with Gasteiger partial charge in [0.15, 0.2) is 0 Å². The fourth-order valence-corrected chi connectivity index (χ4v) is 4.06. The van der Waals surface area contributed by atoms with Crippen LogP contribution in [0, 0.1) is 0 Å². The van der Waals surface area contributed by atoms with Crippen molar-refractivity contribution in [2.24, 2.45) is 0 Å². The maximum Gasteiger partial charge on any atom is 0.416 e. The first-order valence-electron chi connectivity index (χ1n) is 10.1. The van der Waals surface area contributed by atoms with Gasteiger partial charge in [0.25, 0.3) is 5.91 Å². The van der Waals surface area contributed by atoms with Crippen molar-refractivity contribution in [1.82, 2.24) is 15.1 Å². The highest BCUT2D eigenvalue weighted by Crippen LogP contribution is 2.39. The van der Waals surface area contributed by atoms with Crippen molar-refractivity contribution < 1.29 is 32.2 Å². The number of alkyl halides is 3. The number of likely N-dealkylation sites (N-methyl/N-ethyl adjacent to an activating group) is 1. The van der Waals surface area contributed by atoms with Crippen molar-refractivity contribution in [3.63, 3.8) is 0 Å². The second-order valence-electron chi connectivity index (χ2n) is 7.81. The van der Waals surface area contributed by atoms with Crippen LogP contribution in [0.25, 0.3) is 0 Å². The number of ether oxygens (including phenoxy) is 2. The van der Waals surface area contributed by atoms with Gasteiger partial charge < -0.3 is 19.7 Å². The molecule has 2 aromatic rings. The number of amides is 3. The highest BCUT2D eigenvalue weighted by molar-refractivity contribution is 6.01. The maximum atomic E-state index is 13.4. The van der Waals surface area contributed by atoms with Crippen LogP contribution in [0.5, 0.6) is 11.5 Å². The smallest absolute Gasteiger partial charge is 0.416 e. The molecule has 3 amide bonds. The summed E-state index contributed by atoms with van der Waals surface area (Å²) in [6.45, 7) is 0.0812. The Hall–Kier alpha value is -3.69. The minimum atomic E-state index is -4.48. The predicted molar refractivity (Wildman–Crippen MR) is 112 cm³/mol. The molecule has 0 spiro atoms. The van der Waals surface area contributed by atoms with Gasteiger partial charge >= 0.3 is 12.2 Å². The summed E-state index contributed by atoms with van der Waals surface area (Å²) in [4.78, 5) is 28.8. The first-order valence-corrected chi connectivity index (χ1v) is 10.1. The Morgan fingerprint density at radius 3 is 2.33 bits per heavy atom. The van der Waals surface area contributed by atoms with E-state index in [1.165, 1.54) is 36.2 Å². The van der Waals surface area contributed by atoms with E-state index in [9.17, 15) is 22.8 Å². The molecular weight excluding hydrogens is 439 g/mol. The van der Waals surface area contributed by atoms with Gasteiger partial charge in [-0.15, -0.1) is 0 Å². The Balaban J connectivity index is 1.67.